The van der Waals surface area contributed by atoms with E-state index in [0.29, 0.717) is 6.42 Å². The van der Waals surface area contributed by atoms with Gasteiger partial charge in [-0.15, -0.1) is 0 Å². The Balaban J connectivity index is 3.00. The molecule has 0 amide bonds. The van der Waals surface area contributed by atoms with Gasteiger partial charge in [0.15, 0.2) is 0 Å². The molecule has 1 aromatic rings. The molecular formula is C10H11IN2O. The SMILES string of the molecule is COc1ccc(I)c([C@H](N)CC#N)c1. The van der Waals surface area contributed by atoms with Gasteiger partial charge in [0.2, 0.25) is 0 Å². The standard InChI is InChI=1S/C10H11IN2O/c1-14-7-2-3-9(11)8(6-7)10(13)4-5-12/h2-3,6,10H,4,13H2,1H3/t10-/m1/s1. The summed E-state index contributed by atoms with van der Waals surface area (Å²) in [4.78, 5) is 0. The van der Waals surface area contributed by atoms with Crippen molar-refractivity contribution < 1.29 is 4.74 Å². The third kappa shape index (κ3) is 2.59. The minimum absolute atomic E-state index is 0.234. The fourth-order valence-corrected chi connectivity index (χ4v) is 1.88. The Hall–Kier alpha value is -0.800. The Kier molecular flexibility index (Phi) is 4.17. The molecule has 2 N–H and O–H groups in total. The van der Waals surface area contributed by atoms with Crippen LogP contribution in [0.4, 0.5) is 0 Å². The van der Waals surface area contributed by atoms with Crippen LogP contribution in [0.5, 0.6) is 5.75 Å². The molecule has 3 nitrogen and oxygen atoms in total. The monoisotopic (exact) mass is 302 g/mol. The van der Waals surface area contributed by atoms with Crippen LogP contribution in [0.25, 0.3) is 0 Å². The van der Waals surface area contributed by atoms with Crippen LogP contribution in [0.1, 0.15) is 18.0 Å². The van der Waals surface area contributed by atoms with Crippen LogP contribution in [-0.2, 0) is 0 Å². The molecule has 0 radical (unpaired) electrons. The van der Waals surface area contributed by atoms with Crippen LogP contribution in [0.15, 0.2) is 18.2 Å². The van der Waals surface area contributed by atoms with Crippen LogP contribution < -0.4 is 10.5 Å². The Bertz CT molecular complexity index is 360. The number of nitrogens with two attached hydrogens (primary N) is 1. The van der Waals surface area contributed by atoms with Gasteiger partial charge in [0.1, 0.15) is 5.75 Å². The second kappa shape index (κ2) is 5.17. The molecule has 0 aliphatic heterocycles. The number of methoxy groups -OCH3 is 1. The maximum absolute atomic E-state index is 8.55. The molecular weight excluding hydrogens is 291 g/mol. The van der Waals surface area contributed by atoms with Gasteiger partial charge in [-0.1, -0.05) is 0 Å². The van der Waals surface area contributed by atoms with Crippen molar-refractivity contribution in [2.45, 2.75) is 12.5 Å². The number of nitrogens with zero attached hydrogens (tertiary/aromatic N) is 1. The number of hydrogen-bond donors (Lipinski definition) is 1. The molecule has 4 heteroatoms. The highest BCUT2D eigenvalue weighted by Crippen LogP contribution is 2.25. The highest BCUT2D eigenvalue weighted by Gasteiger charge is 2.10. The minimum atomic E-state index is -0.234. The van der Waals surface area contributed by atoms with Gasteiger partial charge in [-0.2, -0.15) is 5.26 Å². The van der Waals surface area contributed by atoms with E-state index in [1.165, 1.54) is 0 Å². The van der Waals surface area contributed by atoms with E-state index in [1.807, 2.05) is 18.2 Å². The van der Waals surface area contributed by atoms with E-state index in [2.05, 4.69) is 28.7 Å². The van der Waals surface area contributed by atoms with Gasteiger partial charge in [-0.25, -0.2) is 0 Å². The smallest absolute Gasteiger partial charge is 0.119 e. The second-order valence-corrected chi connectivity index (χ2v) is 4.02. The molecule has 0 saturated carbocycles. The van der Waals surface area contributed by atoms with E-state index >= 15 is 0 Å². The van der Waals surface area contributed by atoms with Crippen molar-refractivity contribution in [2.75, 3.05) is 7.11 Å². The summed E-state index contributed by atoms with van der Waals surface area (Å²) in [6, 6.07) is 7.52. The minimum Gasteiger partial charge on any atom is -0.497 e. The summed E-state index contributed by atoms with van der Waals surface area (Å²) in [5, 5.41) is 8.55. The second-order valence-electron chi connectivity index (χ2n) is 2.86. The first kappa shape index (κ1) is 11.3. The first-order valence-electron chi connectivity index (χ1n) is 4.15. The largest absolute Gasteiger partial charge is 0.497 e. The molecule has 0 heterocycles. The predicted octanol–water partition coefficient (Wildman–Crippen LogP) is 2.21. The molecule has 0 aliphatic rings. The highest BCUT2D eigenvalue weighted by molar-refractivity contribution is 14.1. The Morgan fingerprint density at radius 2 is 2.36 bits per heavy atom. The van der Waals surface area contributed by atoms with Gasteiger partial charge in [0.25, 0.3) is 0 Å². The topological polar surface area (TPSA) is 59.0 Å². The number of nitriles is 1. The molecule has 1 rings (SSSR count). The van der Waals surface area contributed by atoms with Crippen LogP contribution in [-0.4, -0.2) is 7.11 Å². The van der Waals surface area contributed by atoms with Gasteiger partial charge in [0, 0.05) is 9.61 Å². The van der Waals surface area contributed by atoms with E-state index in [-0.39, 0.29) is 6.04 Å². The van der Waals surface area contributed by atoms with E-state index in [9.17, 15) is 0 Å². The summed E-state index contributed by atoms with van der Waals surface area (Å²) >= 11 is 2.20. The van der Waals surface area contributed by atoms with Crippen molar-refractivity contribution in [2.24, 2.45) is 5.73 Å². The summed E-state index contributed by atoms with van der Waals surface area (Å²) < 4.78 is 6.16. The molecule has 0 aliphatic carbocycles. The van der Waals surface area contributed by atoms with Crippen LogP contribution in [0.2, 0.25) is 0 Å². The average molecular weight is 302 g/mol. The van der Waals surface area contributed by atoms with Crippen molar-refractivity contribution in [3.63, 3.8) is 0 Å². The quantitative estimate of drug-likeness (QED) is 0.871. The normalized spacial score (nSPS) is 11.9. The van der Waals surface area contributed by atoms with Gasteiger partial charge in [-0.3, -0.25) is 0 Å². The summed E-state index contributed by atoms with van der Waals surface area (Å²) in [6.45, 7) is 0. The fourth-order valence-electron chi connectivity index (χ4n) is 1.14. The summed E-state index contributed by atoms with van der Waals surface area (Å²) in [5.74, 6) is 0.772. The lowest BCUT2D eigenvalue weighted by atomic mass is 10.1. The lowest BCUT2D eigenvalue weighted by Gasteiger charge is -2.11. The van der Waals surface area contributed by atoms with Gasteiger partial charge >= 0.3 is 0 Å². The maximum atomic E-state index is 8.55. The number of ether oxygens (including phenoxy) is 1. The molecule has 1 aromatic carbocycles. The van der Waals surface area contributed by atoms with Crippen molar-refractivity contribution in [3.05, 3.63) is 27.3 Å². The van der Waals surface area contributed by atoms with Crippen LogP contribution in [0, 0.1) is 14.9 Å². The summed E-state index contributed by atoms with van der Waals surface area (Å²) in [7, 11) is 1.61. The van der Waals surface area contributed by atoms with E-state index in [0.717, 1.165) is 14.9 Å². The molecule has 74 valence electrons. The van der Waals surface area contributed by atoms with E-state index in [4.69, 9.17) is 15.7 Å². The molecule has 1 atom stereocenters. The lowest BCUT2D eigenvalue weighted by molar-refractivity contribution is 0.413. The molecule has 0 bridgehead atoms. The zero-order chi connectivity index (χ0) is 10.6. The Morgan fingerprint density at radius 3 is 2.93 bits per heavy atom. The van der Waals surface area contributed by atoms with E-state index < -0.39 is 0 Å². The predicted molar refractivity (Wildman–Crippen MR) is 62.9 cm³/mol. The Labute approximate surface area is 97.0 Å². The number of hydrogen-bond acceptors (Lipinski definition) is 3. The van der Waals surface area contributed by atoms with E-state index in [1.54, 1.807) is 7.11 Å². The zero-order valence-electron chi connectivity index (χ0n) is 7.83. The molecule has 0 unspecified atom stereocenters. The summed E-state index contributed by atoms with van der Waals surface area (Å²) in [5.41, 5.74) is 6.81. The zero-order valence-corrected chi connectivity index (χ0v) is 9.98. The molecule has 0 fully saturated rings. The molecule has 0 saturated heterocycles. The third-order valence-electron chi connectivity index (χ3n) is 1.91. The first-order valence-corrected chi connectivity index (χ1v) is 5.23. The number of rotatable bonds is 3. The van der Waals surface area contributed by atoms with Crippen LogP contribution >= 0.6 is 22.6 Å². The maximum Gasteiger partial charge on any atom is 0.119 e. The van der Waals surface area contributed by atoms with Crippen molar-refractivity contribution in [3.8, 4) is 11.8 Å². The molecule has 0 spiro atoms. The number of benzene rings is 1. The number of halogens is 1. The lowest BCUT2D eigenvalue weighted by Crippen LogP contribution is -2.11. The molecule has 0 aromatic heterocycles. The van der Waals surface area contributed by atoms with Gasteiger partial charge in [-0.05, 0) is 46.4 Å². The Morgan fingerprint density at radius 1 is 1.64 bits per heavy atom. The summed E-state index contributed by atoms with van der Waals surface area (Å²) in [6.07, 6.45) is 0.323. The fraction of sp³-hybridized carbons (Fsp3) is 0.300. The average Bonchev–Trinajstić information content (AvgIpc) is 2.19. The van der Waals surface area contributed by atoms with Gasteiger partial charge in [0.05, 0.1) is 19.6 Å². The molecule has 14 heavy (non-hydrogen) atoms. The third-order valence-corrected chi connectivity index (χ3v) is 2.90. The van der Waals surface area contributed by atoms with Crippen molar-refractivity contribution in [1.29, 1.82) is 5.26 Å². The van der Waals surface area contributed by atoms with Crippen molar-refractivity contribution >= 4 is 22.6 Å². The van der Waals surface area contributed by atoms with Crippen LogP contribution in [0.3, 0.4) is 0 Å². The van der Waals surface area contributed by atoms with Gasteiger partial charge < -0.3 is 10.5 Å². The van der Waals surface area contributed by atoms with Crippen molar-refractivity contribution in [1.82, 2.24) is 0 Å². The first-order chi connectivity index (χ1) is 6.69. The highest BCUT2D eigenvalue weighted by atomic mass is 127.